The summed E-state index contributed by atoms with van der Waals surface area (Å²) in [4.78, 5) is 39.3. The number of carbonyl (C=O) groups excluding carboxylic acids is 2. The standard InChI is InChI=1S/C22H20N2O4S/c1-22(2,3)12-5-7-13-16(10-23)20(29-17(13)9-12)24-18(25)14-6-4-11(21(27)28)8-15(14)19(24)26/h4,6,8,12H,5,7,9H2,1-3H3,(H,27,28). The number of benzene rings is 1. The van der Waals surface area contributed by atoms with Crippen LogP contribution in [-0.4, -0.2) is 22.9 Å². The molecule has 1 unspecified atom stereocenters. The quantitative estimate of drug-likeness (QED) is 0.748. The normalized spacial score (nSPS) is 18.4. The smallest absolute Gasteiger partial charge is 0.335 e. The summed E-state index contributed by atoms with van der Waals surface area (Å²) in [7, 11) is 0. The van der Waals surface area contributed by atoms with Crippen molar-refractivity contribution in [2.45, 2.75) is 40.0 Å². The molecule has 0 saturated heterocycles. The molecule has 2 amide bonds. The molecule has 2 heterocycles. The highest BCUT2D eigenvalue weighted by Crippen LogP contribution is 2.46. The molecular weight excluding hydrogens is 388 g/mol. The van der Waals surface area contributed by atoms with Gasteiger partial charge in [0.1, 0.15) is 11.1 Å². The molecule has 0 spiro atoms. The van der Waals surface area contributed by atoms with Gasteiger partial charge in [-0.1, -0.05) is 20.8 Å². The lowest BCUT2D eigenvalue weighted by molar-refractivity contribution is 0.0696. The molecule has 0 bridgehead atoms. The molecule has 1 N–H and O–H groups in total. The number of carboxylic acid groups (broad SMARTS) is 1. The molecule has 2 aromatic rings. The van der Waals surface area contributed by atoms with Crippen LogP contribution >= 0.6 is 11.3 Å². The molecule has 7 heteroatoms. The number of anilines is 1. The molecule has 2 aliphatic rings. The van der Waals surface area contributed by atoms with Crippen molar-refractivity contribution >= 4 is 34.1 Å². The molecule has 1 atom stereocenters. The zero-order valence-electron chi connectivity index (χ0n) is 16.4. The number of carbonyl (C=O) groups is 3. The van der Waals surface area contributed by atoms with E-state index in [2.05, 4.69) is 26.8 Å². The lowest BCUT2D eigenvalue weighted by Gasteiger charge is -2.33. The summed E-state index contributed by atoms with van der Waals surface area (Å²) in [5, 5.41) is 19.3. The maximum Gasteiger partial charge on any atom is 0.335 e. The molecule has 148 valence electrons. The van der Waals surface area contributed by atoms with E-state index in [9.17, 15) is 24.8 Å². The van der Waals surface area contributed by atoms with E-state index in [4.69, 9.17) is 0 Å². The van der Waals surface area contributed by atoms with Crippen LogP contribution in [0.2, 0.25) is 0 Å². The number of imide groups is 1. The first kappa shape index (κ1) is 19.3. The van der Waals surface area contributed by atoms with Crippen LogP contribution < -0.4 is 4.90 Å². The Morgan fingerprint density at radius 2 is 1.93 bits per heavy atom. The minimum absolute atomic E-state index is 0.0502. The van der Waals surface area contributed by atoms with E-state index in [1.54, 1.807) is 0 Å². The monoisotopic (exact) mass is 408 g/mol. The number of fused-ring (bicyclic) bond motifs is 2. The van der Waals surface area contributed by atoms with E-state index in [0.717, 1.165) is 34.6 Å². The third kappa shape index (κ3) is 2.95. The van der Waals surface area contributed by atoms with Crippen molar-refractivity contribution in [1.29, 1.82) is 5.26 Å². The average Bonchev–Trinajstić information content (AvgIpc) is 3.14. The minimum atomic E-state index is -1.16. The number of hydrogen-bond donors (Lipinski definition) is 1. The van der Waals surface area contributed by atoms with Crippen molar-refractivity contribution in [2.24, 2.45) is 11.3 Å². The first-order chi connectivity index (χ1) is 13.6. The summed E-state index contributed by atoms with van der Waals surface area (Å²) in [5.41, 5.74) is 1.66. The van der Waals surface area contributed by atoms with Gasteiger partial charge in [-0.25, -0.2) is 9.69 Å². The highest BCUT2D eigenvalue weighted by molar-refractivity contribution is 7.17. The van der Waals surface area contributed by atoms with E-state index in [0.29, 0.717) is 16.5 Å². The fourth-order valence-electron chi connectivity index (χ4n) is 4.14. The number of nitriles is 1. The number of rotatable bonds is 2. The summed E-state index contributed by atoms with van der Waals surface area (Å²) < 4.78 is 0. The van der Waals surface area contributed by atoms with Crippen LogP contribution in [0.15, 0.2) is 18.2 Å². The van der Waals surface area contributed by atoms with E-state index >= 15 is 0 Å². The van der Waals surface area contributed by atoms with Gasteiger partial charge < -0.3 is 5.11 Å². The third-order valence-corrected chi connectivity index (χ3v) is 7.16. The highest BCUT2D eigenvalue weighted by Gasteiger charge is 2.41. The van der Waals surface area contributed by atoms with Gasteiger partial charge in [-0.05, 0) is 54.4 Å². The largest absolute Gasteiger partial charge is 0.478 e. The van der Waals surface area contributed by atoms with Crippen LogP contribution in [0.1, 0.15) is 74.3 Å². The predicted octanol–water partition coefficient (Wildman–Crippen LogP) is 4.27. The zero-order chi connectivity index (χ0) is 21.1. The first-order valence-corrected chi connectivity index (χ1v) is 10.3. The van der Waals surface area contributed by atoms with E-state index in [1.807, 2.05) is 0 Å². The molecule has 1 aromatic carbocycles. The minimum Gasteiger partial charge on any atom is -0.478 e. The topological polar surface area (TPSA) is 98.5 Å². The summed E-state index contributed by atoms with van der Waals surface area (Å²) in [6.07, 6.45) is 2.54. The fourth-order valence-corrected chi connectivity index (χ4v) is 5.52. The number of thiophene rings is 1. The van der Waals surface area contributed by atoms with Crippen LogP contribution in [0.5, 0.6) is 0 Å². The summed E-state index contributed by atoms with van der Waals surface area (Å²) in [6, 6.07) is 6.11. The Kier molecular flexibility index (Phi) is 4.35. The van der Waals surface area contributed by atoms with Gasteiger partial charge in [0, 0.05) is 4.88 Å². The molecule has 1 aliphatic heterocycles. The van der Waals surface area contributed by atoms with Crippen molar-refractivity contribution in [3.63, 3.8) is 0 Å². The number of aromatic carboxylic acids is 1. The Bertz CT molecular complexity index is 1120. The Hall–Kier alpha value is -2.98. The molecule has 0 radical (unpaired) electrons. The Morgan fingerprint density at radius 3 is 2.55 bits per heavy atom. The maximum atomic E-state index is 13.0. The predicted molar refractivity (Wildman–Crippen MR) is 109 cm³/mol. The molecule has 1 aliphatic carbocycles. The molecule has 0 fully saturated rings. The fraction of sp³-hybridized carbons (Fsp3) is 0.364. The van der Waals surface area contributed by atoms with Gasteiger partial charge in [0.05, 0.1) is 22.3 Å². The van der Waals surface area contributed by atoms with Gasteiger partial charge in [-0.2, -0.15) is 5.26 Å². The van der Waals surface area contributed by atoms with Gasteiger partial charge in [0.15, 0.2) is 0 Å². The second kappa shape index (κ2) is 6.53. The van der Waals surface area contributed by atoms with Crippen molar-refractivity contribution in [2.75, 3.05) is 4.90 Å². The second-order valence-electron chi connectivity index (χ2n) is 8.61. The number of nitrogens with zero attached hydrogens (tertiary/aromatic N) is 2. The van der Waals surface area contributed by atoms with Crippen molar-refractivity contribution in [3.05, 3.63) is 50.9 Å². The Labute approximate surface area is 172 Å². The van der Waals surface area contributed by atoms with E-state index in [-0.39, 0.29) is 22.1 Å². The number of hydrogen-bond acceptors (Lipinski definition) is 5. The van der Waals surface area contributed by atoms with Crippen LogP contribution in [0.25, 0.3) is 0 Å². The second-order valence-corrected chi connectivity index (χ2v) is 9.70. The van der Waals surface area contributed by atoms with Crippen molar-refractivity contribution < 1.29 is 19.5 Å². The van der Waals surface area contributed by atoms with Crippen LogP contribution in [0.3, 0.4) is 0 Å². The van der Waals surface area contributed by atoms with Crippen LogP contribution in [0, 0.1) is 22.7 Å². The van der Waals surface area contributed by atoms with Crippen LogP contribution in [-0.2, 0) is 12.8 Å². The summed E-state index contributed by atoms with van der Waals surface area (Å²) in [6.45, 7) is 6.60. The van der Waals surface area contributed by atoms with Gasteiger partial charge in [0.2, 0.25) is 0 Å². The molecular formula is C22H20N2O4S. The third-order valence-electron chi connectivity index (χ3n) is 5.92. The summed E-state index contributed by atoms with van der Waals surface area (Å²) >= 11 is 1.34. The number of carboxylic acids is 1. The Balaban J connectivity index is 1.78. The zero-order valence-corrected chi connectivity index (χ0v) is 17.2. The lowest BCUT2D eigenvalue weighted by atomic mass is 9.72. The SMILES string of the molecule is CC(C)(C)C1CCc2c(sc(N3C(=O)c4ccc(C(=O)O)cc4C3=O)c2C#N)C1. The Morgan fingerprint density at radius 1 is 1.24 bits per heavy atom. The van der Waals surface area contributed by atoms with Gasteiger partial charge in [-0.3, -0.25) is 9.59 Å². The average molecular weight is 408 g/mol. The maximum absolute atomic E-state index is 13.0. The molecule has 4 rings (SSSR count). The summed E-state index contributed by atoms with van der Waals surface area (Å²) in [5.74, 6) is -1.78. The van der Waals surface area contributed by atoms with E-state index in [1.165, 1.54) is 29.5 Å². The molecule has 29 heavy (non-hydrogen) atoms. The highest BCUT2D eigenvalue weighted by atomic mass is 32.1. The lowest BCUT2D eigenvalue weighted by Crippen LogP contribution is -2.29. The molecule has 1 aromatic heterocycles. The first-order valence-electron chi connectivity index (χ1n) is 9.44. The van der Waals surface area contributed by atoms with Gasteiger partial charge in [-0.15, -0.1) is 11.3 Å². The van der Waals surface area contributed by atoms with Crippen molar-refractivity contribution in [1.82, 2.24) is 0 Å². The molecule has 6 nitrogen and oxygen atoms in total. The number of amides is 2. The van der Waals surface area contributed by atoms with Gasteiger partial charge >= 0.3 is 5.97 Å². The van der Waals surface area contributed by atoms with Crippen molar-refractivity contribution in [3.8, 4) is 6.07 Å². The van der Waals surface area contributed by atoms with Crippen LogP contribution in [0.4, 0.5) is 5.00 Å². The van der Waals surface area contributed by atoms with Gasteiger partial charge in [0.25, 0.3) is 11.8 Å². The molecule has 0 saturated carbocycles. The van der Waals surface area contributed by atoms with E-state index < -0.39 is 17.8 Å².